The van der Waals surface area contributed by atoms with E-state index in [0.29, 0.717) is 4.57 Å². The van der Waals surface area contributed by atoms with E-state index < -0.39 is 42.9 Å². The zero-order chi connectivity index (χ0) is 19.7. The number of imide groups is 1. The van der Waals surface area contributed by atoms with E-state index in [9.17, 15) is 23.2 Å². The van der Waals surface area contributed by atoms with Crippen LogP contribution < -0.4 is 0 Å². The van der Waals surface area contributed by atoms with E-state index in [1.54, 1.807) is 26.0 Å². The second-order valence-corrected chi connectivity index (χ2v) is 6.35. The van der Waals surface area contributed by atoms with Gasteiger partial charge in [-0.3, -0.25) is 19.1 Å². The molecule has 7 nitrogen and oxygen atoms in total. The molecular formula is C18H17F2N3O4. The molecule has 2 amide bonds. The van der Waals surface area contributed by atoms with E-state index in [4.69, 9.17) is 4.74 Å². The zero-order valence-corrected chi connectivity index (χ0v) is 14.6. The number of hydrogen-bond acceptors (Lipinski definition) is 5. The molecule has 1 aliphatic heterocycles. The van der Waals surface area contributed by atoms with E-state index in [2.05, 4.69) is 4.98 Å². The number of nitrogens with zero attached hydrogens (tertiary/aromatic N) is 3. The zero-order valence-electron chi connectivity index (χ0n) is 14.6. The maximum absolute atomic E-state index is 12.9. The molecular weight excluding hydrogens is 360 g/mol. The van der Waals surface area contributed by atoms with Crippen LogP contribution in [0, 0.1) is 5.92 Å². The van der Waals surface area contributed by atoms with Gasteiger partial charge in [0.15, 0.2) is 5.82 Å². The number of rotatable bonds is 6. The van der Waals surface area contributed by atoms with Crippen LogP contribution in [-0.2, 0) is 16.1 Å². The summed E-state index contributed by atoms with van der Waals surface area (Å²) in [6.07, 6.45) is 2.23. The van der Waals surface area contributed by atoms with E-state index >= 15 is 0 Å². The summed E-state index contributed by atoms with van der Waals surface area (Å²) in [5.41, 5.74) is 0.434. The molecule has 0 N–H and O–H groups in total. The predicted octanol–water partition coefficient (Wildman–Crippen LogP) is 2.64. The summed E-state index contributed by atoms with van der Waals surface area (Å²) in [6, 6.07) is 5.10. The van der Waals surface area contributed by atoms with Gasteiger partial charge in [-0.1, -0.05) is 26.0 Å². The third-order valence-corrected chi connectivity index (χ3v) is 4.28. The lowest BCUT2D eigenvalue weighted by molar-refractivity contribution is -0.151. The molecule has 0 saturated carbocycles. The van der Waals surface area contributed by atoms with Gasteiger partial charge in [0.25, 0.3) is 11.8 Å². The molecule has 1 aliphatic rings. The number of esters is 1. The van der Waals surface area contributed by atoms with Crippen molar-refractivity contribution < 1.29 is 27.9 Å². The fourth-order valence-electron chi connectivity index (χ4n) is 2.99. The fourth-order valence-corrected chi connectivity index (χ4v) is 2.99. The number of ether oxygens (including phenoxy) is 1. The monoisotopic (exact) mass is 377 g/mol. The Morgan fingerprint density at radius 1 is 1.15 bits per heavy atom. The van der Waals surface area contributed by atoms with Crippen LogP contribution in [0.5, 0.6) is 0 Å². The van der Waals surface area contributed by atoms with Crippen LogP contribution in [-0.4, -0.2) is 38.3 Å². The first-order valence-corrected chi connectivity index (χ1v) is 8.26. The Morgan fingerprint density at radius 2 is 1.74 bits per heavy atom. The van der Waals surface area contributed by atoms with Crippen molar-refractivity contribution in [2.45, 2.75) is 33.0 Å². The van der Waals surface area contributed by atoms with Crippen molar-refractivity contribution in [2.24, 2.45) is 5.92 Å². The number of fused-ring (bicyclic) bond motifs is 1. The lowest BCUT2D eigenvalue weighted by Gasteiger charge is -2.27. The quantitative estimate of drug-likeness (QED) is 0.571. The van der Waals surface area contributed by atoms with Gasteiger partial charge in [-0.2, -0.15) is 8.78 Å². The van der Waals surface area contributed by atoms with E-state index in [1.807, 2.05) is 0 Å². The van der Waals surface area contributed by atoms with E-state index in [-0.39, 0.29) is 17.0 Å². The Hall–Kier alpha value is -3.10. The molecule has 0 saturated heterocycles. The topological polar surface area (TPSA) is 81.5 Å². The van der Waals surface area contributed by atoms with Crippen molar-refractivity contribution >= 4 is 17.8 Å². The molecule has 1 unspecified atom stereocenters. The van der Waals surface area contributed by atoms with Crippen molar-refractivity contribution in [2.75, 3.05) is 0 Å². The highest BCUT2D eigenvalue weighted by Gasteiger charge is 2.44. The number of carbonyl (C=O) groups excluding carboxylic acids is 3. The summed E-state index contributed by atoms with van der Waals surface area (Å²) >= 11 is 0. The normalized spacial score (nSPS) is 14.8. The summed E-state index contributed by atoms with van der Waals surface area (Å²) < 4.78 is 31.4. The Balaban J connectivity index is 1.80. The van der Waals surface area contributed by atoms with Gasteiger partial charge in [0.1, 0.15) is 12.6 Å². The van der Waals surface area contributed by atoms with Gasteiger partial charge in [-0.15, -0.1) is 0 Å². The number of hydrogen-bond donors (Lipinski definition) is 0. The third-order valence-electron chi connectivity index (χ3n) is 4.28. The number of halogens is 2. The molecule has 27 heavy (non-hydrogen) atoms. The molecule has 0 fully saturated rings. The molecule has 1 aromatic heterocycles. The first kappa shape index (κ1) is 18.7. The first-order chi connectivity index (χ1) is 12.8. The lowest BCUT2D eigenvalue weighted by atomic mass is 10.0. The molecule has 1 atom stereocenters. The first-order valence-electron chi connectivity index (χ1n) is 8.26. The van der Waals surface area contributed by atoms with Gasteiger partial charge >= 0.3 is 12.5 Å². The van der Waals surface area contributed by atoms with Gasteiger partial charge < -0.3 is 4.74 Å². The van der Waals surface area contributed by atoms with Crippen molar-refractivity contribution in [3.05, 3.63) is 53.6 Å². The summed E-state index contributed by atoms with van der Waals surface area (Å²) in [6.45, 7) is 0.00611. The van der Waals surface area contributed by atoms with Gasteiger partial charge in [0, 0.05) is 12.4 Å². The summed E-state index contributed by atoms with van der Waals surface area (Å²) in [7, 11) is 0. The van der Waals surface area contributed by atoms with Crippen molar-refractivity contribution in [3.63, 3.8) is 0 Å². The average Bonchev–Trinajstić information content (AvgIpc) is 3.19. The van der Waals surface area contributed by atoms with Gasteiger partial charge in [-0.25, -0.2) is 9.78 Å². The van der Waals surface area contributed by atoms with Crippen molar-refractivity contribution in [3.8, 4) is 0 Å². The van der Waals surface area contributed by atoms with Crippen LogP contribution in [0.15, 0.2) is 36.7 Å². The van der Waals surface area contributed by atoms with Gasteiger partial charge in [0.05, 0.1) is 11.1 Å². The van der Waals surface area contributed by atoms with Crippen molar-refractivity contribution in [1.82, 2.24) is 14.5 Å². The Labute approximate surface area is 153 Å². The summed E-state index contributed by atoms with van der Waals surface area (Å²) in [5.74, 6) is -2.60. The SMILES string of the molecule is CC(C)C(C(=O)OCc1nccn1C(F)F)N1C(=O)c2ccccc2C1=O. The highest BCUT2D eigenvalue weighted by molar-refractivity contribution is 6.22. The minimum absolute atomic E-state index is 0.136. The average molecular weight is 377 g/mol. The molecule has 0 aliphatic carbocycles. The molecule has 142 valence electrons. The van der Waals surface area contributed by atoms with Crippen LogP contribution >= 0.6 is 0 Å². The number of alkyl halides is 2. The van der Waals surface area contributed by atoms with Gasteiger partial charge in [-0.05, 0) is 18.1 Å². The van der Waals surface area contributed by atoms with E-state index in [0.717, 1.165) is 11.1 Å². The predicted molar refractivity (Wildman–Crippen MR) is 88.8 cm³/mol. The number of imidazole rings is 1. The molecule has 2 aromatic rings. The lowest BCUT2D eigenvalue weighted by Crippen LogP contribution is -2.48. The van der Waals surface area contributed by atoms with Crippen LogP contribution in [0.2, 0.25) is 0 Å². The number of benzene rings is 1. The van der Waals surface area contributed by atoms with Crippen LogP contribution in [0.25, 0.3) is 0 Å². The fraction of sp³-hybridized carbons (Fsp3) is 0.333. The Bertz CT molecular complexity index is 859. The molecule has 0 spiro atoms. The van der Waals surface area contributed by atoms with E-state index in [1.165, 1.54) is 18.3 Å². The van der Waals surface area contributed by atoms with Crippen LogP contribution in [0.4, 0.5) is 8.78 Å². The molecule has 2 heterocycles. The standard InChI is InChI=1S/C18H17F2N3O4/c1-10(2)14(17(26)27-9-13-21-7-8-22(13)18(19)20)23-15(24)11-5-3-4-6-12(11)16(23)25/h3-8,10,14,18H,9H2,1-2H3. The minimum Gasteiger partial charge on any atom is -0.456 e. The van der Waals surface area contributed by atoms with Crippen LogP contribution in [0.1, 0.15) is 46.9 Å². The number of carbonyl (C=O) groups is 3. The molecule has 0 radical (unpaired) electrons. The number of aromatic nitrogens is 2. The van der Waals surface area contributed by atoms with Crippen molar-refractivity contribution in [1.29, 1.82) is 0 Å². The minimum atomic E-state index is -2.82. The molecule has 3 rings (SSSR count). The van der Waals surface area contributed by atoms with Gasteiger partial charge in [0.2, 0.25) is 0 Å². The van der Waals surface area contributed by atoms with Crippen LogP contribution in [0.3, 0.4) is 0 Å². The second kappa shape index (κ2) is 7.26. The highest BCUT2D eigenvalue weighted by Crippen LogP contribution is 2.28. The maximum Gasteiger partial charge on any atom is 0.330 e. The summed E-state index contributed by atoms with van der Waals surface area (Å²) in [5, 5.41) is 0. The molecule has 1 aromatic carbocycles. The molecule has 0 bridgehead atoms. The second-order valence-electron chi connectivity index (χ2n) is 6.35. The summed E-state index contributed by atoms with van der Waals surface area (Å²) in [4.78, 5) is 42.4. The molecule has 9 heteroatoms. The Kier molecular flexibility index (Phi) is 5.02. The maximum atomic E-state index is 12.9. The smallest absolute Gasteiger partial charge is 0.330 e. The third kappa shape index (κ3) is 3.32. The largest absolute Gasteiger partial charge is 0.456 e. The highest BCUT2D eigenvalue weighted by atomic mass is 19.3. The Morgan fingerprint density at radius 3 is 2.26 bits per heavy atom. The number of amides is 2.